The minimum atomic E-state index is -1.74. The fourth-order valence-electron chi connectivity index (χ4n) is 2.57. The molecule has 0 aromatic heterocycles. The second-order valence-electron chi connectivity index (χ2n) is 7.52. The molecule has 0 saturated carbocycles. The van der Waals surface area contributed by atoms with Gasteiger partial charge < -0.3 is 112 Å². The van der Waals surface area contributed by atoms with Crippen LogP contribution in [0.25, 0.3) is 0 Å². The summed E-state index contributed by atoms with van der Waals surface area (Å²) < 4.78 is 15.3. The summed E-state index contributed by atoms with van der Waals surface area (Å²) in [5.41, 5.74) is 0. The zero-order chi connectivity index (χ0) is 27.6. The summed E-state index contributed by atoms with van der Waals surface area (Å²) in [5, 5.41) is 111. The summed E-state index contributed by atoms with van der Waals surface area (Å²) in [6.07, 6.45) is -18.3. The smallest absolute Gasteiger partial charge is 0.547 e. The van der Waals surface area contributed by atoms with Gasteiger partial charge in [0.1, 0.15) is 48.8 Å². The Hall–Kier alpha value is -0.520. The molecule has 2 rings (SSSR count). The second-order valence-corrected chi connectivity index (χ2v) is 7.52. The van der Waals surface area contributed by atoms with Crippen molar-refractivity contribution in [2.75, 3.05) is 13.2 Å². The third kappa shape index (κ3) is 18.0. The molecule has 0 amide bonds. The van der Waals surface area contributed by atoms with Gasteiger partial charge in [-0.1, -0.05) is 0 Å². The van der Waals surface area contributed by atoms with Crippen LogP contribution in [0.2, 0.25) is 0 Å². The molecule has 0 radical (unpaired) electrons. The van der Waals surface area contributed by atoms with Gasteiger partial charge >= 0.3 is 37.7 Å². The molecule has 2 heterocycles. The SMILES string of the molecule is CC(O)C(=O)[O-].CC(O)C(=O)[O-].O.O.O.O.O.OC[C@H]1O[C@@H](O[C@H]2[C@H](O)[C@@H](O)C(O)O[C@@H]2CO)[C@H](O)[C@@H](O)[C@H]1O.[Ca+2]. The Morgan fingerprint density at radius 2 is 1.05 bits per heavy atom. The van der Waals surface area contributed by atoms with Crippen LogP contribution in [0.5, 0.6) is 0 Å². The van der Waals surface area contributed by atoms with Crippen molar-refractivity contribution in [1.82, 2.24) is 0 Å². The molecule has 41 heavy (non-hydrogen) atoms. The topological polar surface area (TPSA) is 468 Å². The van der Waals surface area contributed by atoms with E-state index in [0.29, 0.717) is 0 Å². The summed E-state index contributed by atoms with van der Waals surface area (Å²) in [5.74, 6) is -2.87. The maximum atomic E-state index is 9.94. The molecule has 3 unspecified atom stereocenters. The second kappa shape index (κ2) is 27.1. The first-order valence-electron chi connectivity index (χ1n) is 10.1. The minimum Gasteiger partial charge on any atom is -0.547 e. The molecular weight excluding hydrogens is 608 g/mol. The van der Waals surface area contributed by atoms with E-state index in [-0.39, 0.29) is 65.1 Å². The molecule has 2 aliphatic heterocycles. The van der Waals surface area contributed by atoms with E-state index in [1.54, 1.807) is 0 Å². The molecule has 22 nitrogen and oxygen atoms in total. The first-order valence-corrected chi connectivity index (χ1v) is 10.1. The standard InChI is InChI=1S/C12H22O11.2C3H6O3.Ca.5H2O/c13-1-3-5(15)6(16)9(19)12(22-3)23-10-4(2-14)21-11(20)8(18)7(10)17;2*1-2(4)3(5)6;;;;;;/h3-20H,1-2H2;2*2,4H,1H3,(H,5,6);;5*1H2/q;;;+2;;;;;/p-2/t3-,4-,5+,6+,7-,8-,9-,10-,11?,12+;;;;;;;;/m1......../s1. The normalized spacial score (nSPS) is 33.0. The number of carboxylic acids is 2. The summed E-state index contributed by atoms with van der Waals surface area (Å²) >= 11 is 0. The van der Waals surface area contributed by atoms with Crippen LogP contribution in [0, 0.1) is 0 Å². The Labute approximate surface area is 262 Å². The van der Waals surface area contributed by atoms with Crippen molar-refractivity contribution in [2.24, 2.45) is 0 Å². The molecule has 20 N–H and O–H groups in total. The molecule has 0 aromatic carbocycles. The van der Waals surface area contributed by atoms with Crippen molar-refractivity contribution < 1.29 is 112 Å². The maximum Gasteiger partial charge on any atom is 2.00 e. The first kappa shape index (κ1) is 56.3. The molecule has 2 fully saturated rings. The van der Waals surface area contributed by atoms with Gasteiger partial charge in [0.15, 0.2) is 12.6 Å². The van der Waals surface area contributed by atoms with E-state index in [2.05, 4.69) is 0 Å². The van der Waals surface area contributed by atoms with Crippen molar-refractivity contribution >= 4 is 49.7 Å². The van der Waals surface area contributed by atoms with Gasteiger partial charge in [0.2, 0.25) is 0 Å². The van der Waals surface area contributed by atoms with E-state index in [0.717, 1.165) is 13.8 Å². The molecule has 0 aliphatic carbocycles. The van der Waals surface area contributed by atoms with Gasteiger partial charge in [-0.3, -0.25) is 0 Å². The number of hydrogen-bond acceptors (Lipinski definition) is 17. The average molecular weight is 651 g/mol. The number of aliphatic carboxylic acids is 2. The Balaban J connectivity index is -0.000000110. The van der Waals surface area contributed by atoms with Gasteiger partial charge in [0.05, 0.1) is 37.4 Å². The number of carboxylic acid groups (broad SMARTS) is 2. The number of carbonyl (C=O) groups excluding carboxylic acids is 2. The fraction of sp³-hybridized carbons (Fsp3) is 0.889. The fourth-order valence-corrected chi connectivity index (χ4v) is 2.57. The molecular formula is C18H42CaO22. The summed E-state index contributed by atoms with van der Waals surface area (Å²) in [6.45, 7) is 0.924. The van der Waals surface area contributed by atoms with Gasteiger partial charge in [-0.05, 0) is 13.8 Å². The quantitative estimate of drug-likeness (QED) is 0.119. The van der Waals surface area contributed by atoms with E-state index in [4.69, 9.17) is 29.5 Å². The van der Waals surface area contributed by atoms with Crippen LogP contribution in [0.3, 0.4) is 0 Å². The molecule has 248 valence electrons. The third-order valence-electron chi connectivity index (χ3n) is 4.66. The summed E-state index contributed by atoms with van der Waals surface area (Å²) in [7, 11) is 0. The molecule has 0 aromatic rings. The van der Waals surface area contributed by atoms with Crippen molar-refractivity contribution in [2.45, 2.75) is 87.5 Å². The van der Waals surface area contributed by atoms with Crippen LogP contribution < -0.4 is 10.2 Å². The van der Waals surface area contributed by atoms with Crippen LogP contribution in [0.15, 0.2) is 0 Å². The van der Waals surface area contributed by atoms with Crippen LogP contribution in [0.1, 0.15) is 13.8 Å². The van der Waals surface area contributed by atoms with Crippen molar-refractivity contribution in [3.8, 4) is 0 Å². The Kier molecular flexibility index (Phi) is 37.1. The van der Waals surface area contributed by atoms with Crippen molar-refractivity contribution in [3.63, 3.8) is 0 Å². The molecule has 0 bridgehead atoms. The van der Waals surface area contributed by atoms with E-state index >= 15 is 0 Å². The van der Waals surface area contributed by atoms with E-state index < -0.39 is 98.8 Å². The number of rotatable bonds is 6. The number of ether oxygens (including phenoxy) is 3. The number of carbonyl (C=O) groups is 2. The monoisotopic (exact) mass is 650 g/mol. The molecule has 2 aliphatic rings. The van der Waals surface area contributed by atoms with Gasteiger partial charge in [0.25, 0.3) is 0 Å². The van der Waals surface area contributed by atoms with Gasteiger partial charge in [-0.2, -0.15) is 0 Å². The van der Waals surface area contributed by atoms with Crippen LogP contribution in [0.4, 0.5) is 0 Å². The van der Waals surface area contributed by atoms with E-state index in [1.165, 1.54) is 0 Å². The number of hydrogen-bond donors (Lipinski definition) is 10. The van der Waals surface area contributed by atoms with Gasteiger partial charge in [-0.25, -0.2) is 0 Å². The third-order valence-corrected chi connectivity index (χ3v) is 4.66. The number of aliphatic hydroxyl groups excluding tert-OH is 10. The van der Waals surface area contributed by atoms with Crippen molar-refractivity contribution in [3.05, 3.63) is 0 Å². The molecule has 0 spiro atoms. The average Bonchev–Trinajstić information content (AvgIpc) is 2.79. The Morgan fingerprint density at radius 3 is 1.37 bits per heavy atom. The minimum absolute atomic E-state index is 0. The molecule has 23 heteroatoms. The predicted molar refractivity (Wildman–Crippen MR) is 126 cm³/mol. The van der Waals surface area contributed by atoms with Crippen LogP contribution >= 0.6 is 0 Å². The Morgan fingerprint density at radius 1 is 0.683 bits per heavy atom. The maximum absolute atomic E-state index is 9.94. The zero-order valence-electron chi connectivity index (χ0n) is 21.9. The zero-order valence-corrected chi connectivity index (χ0v) is 24.1. The van der Waals surface area contributed by atoms with E-state index in [9.17, 15) is 55.5 Å². The van der Waals surface area contributed by atoms with E-state index in [1.807, 2.05) is 0 Å². The summed E-state index contributed by atoms with van der Waals surface area (Å²) in [4.78, 5) is 18.7. The predicted octanol–water partition coefficient (Wildman–Crippen LogP) is -13.7. The van der Waals surface area contributed by atoms with Crippen LogP contribution in [-0.4, -0.2) is 215 Å². The first-order chi connectivity index (χ1) is 16.1. The van der Waals surface area contributed by atoms with Gasteiger partial charge in [-0.15, -0.1) is 0 Å². The summed E-state index contributed by atoms with van der Waals surface area (Å²) in [6, 6.07) is 0. The Bertz CT molecular complexity index is 620. The number of aliphatic hydroxyl groups is 10. The molecule has 2 saturated heterocycles. The van der Waals surface area contributed by atoms with Gasteiger partial charge in [0, 0.05) is 0 Å². The largest absolute Gasteiger partial charge is 2.00 e. The van der Waals surface area contributed by atoms with Crippen LogP contribution in [-0.2, 0) is 23.8 Å². The molecule has 12 atom stereocenters. The van der Waals surface area contributed by atoms with Crippen molar-refractivity contribution in [1.29, 1.82) is 0 Å².